The van der Waals surface area contributed by atoms with Crippen molar-refractivity contribution >= 4 is 27.5 Å². The molecule has 3 aromatic rings. The normalized spacial score (nSPS) is 20.3. The van der Waals surface area contributed by atoms with Crippen molar-refractivity contribution in [1.82, 2.24) is 0 Å². The number of benzene rings is 3. The molecule has 0 radical (unpaired) electrons. The van der Waals surface area contributed by atoms with Gasteiger partial charge in [0, 0.05) is 21.5 Å². The predicted molar refractivity (Wildman–Crippen MR) is 119 cm³/mol. The molecule has 0 aromatic heterocycles. The van der Waals surface area contributed by atoms with Crippen LogP contribution in [-0.4, -0.2) is 10.9 Å². The zero-order chi connectivity index (χ0) is 20.7. The molecule has 1 heterocycles. The van der Waals surface area contributed by atoms with Gasteiger partial charge in [-0.2, -0.15) is 10.2 Å². The zero-order valence-corrected chi connectivity index (χ0v) is 17.5. The number of allylic oxidation sites excluding steroid dienone is 1. The lowest BCUT2D eigenvalue weighted by Gasteiger charge is -2.25. The van der Waals surface area contributed by atoms with Crippen molar-refractivity contribution in [3.05, 3.63) is 123 Å². The number of carbonyl (C=O) groups is 1. The van der Waals surface area contributed by atoms with E-state index >= 15 is 0 Å². The molecule has 5 rings (SSSR count). The first-order valence-electron chi connectivity index (χ1n) is 9.64. The quantitative estimate of drug-likeness (QED) is 0.471. The second-order valence-electron chi connectivity index (χ2n) is 7.30. The van der Waals surface area contributed by atoms with Crippen LogP contribution in [0.3, 0.4) is 0 Å². The van der Waals surface area contributed by atoms with Crippen LogP contribution < -0.4 is 0 Å². The van der Waals surface area contributed by atoms with Crippen LogP contribution in [0.25, 0.3) is 5.76 Å². The molecule has 0 fully saturated rings. The minimum Gasteiger partial charge on any atom is -0.506 e. The van der Waals surface area contributed by atoms with Crippen molar-refractivity contribution in [1.29, 1.82) is 0 Å². The summed E-state index contributed by atoms with van der Waals surface area (Å²) < 4.78 is 0.996. The summed E-state index contributed by atoms with van der Waals surface area (Å²) in [5, 5.41) is 19.7. The first kappa shape index (κ1) is 18.7. The third kappa shape index (κ3) is 3.12. The maximum atomic E-state index is 13.0. The van der Waals surface area contributed by atoms with Crippen molar-refractivity contribution in [2.24, 2.45) is 10.2 Å². The van der Waals surface area contributed by atoms with Gasteiger partial charge in [-0.3, -0.25) is 4.79 Å². The topological polar surface area (TPSA) is 62.0 Å². The summed E-state index contributed by atoms with van der Waals surface area (Å²) in [6.45, 7) is 0. The minimum atomic E-state index is -0.220. The van der Waals surface area contributed by atoms with Crippen LogP contribution in [0.4, 0.5) is 0 Å². The van der Waals surface area contributed by atoms with E-state index in [-0.39, 0.29) is 29.1 Å². The van der Waals surface area contributed by atoms with E-state index < -0.39 is 0 Å². The second kappa shape index (κ2) is 7.50. The van der Waals surface area contributed by atoms with Gasteiger partial charge in [-0.1, -0.05) is 82.7 Å². The van der Waals surface area contributed by atoms with Crippen LogP contribution in [-0.2, 0) is 0 Å². The lowest BCUT2D eigenvalue weighted by Crippen LogP contribution is -2.13. The molecule has 146 valence electrons. The summed E-state index contributed by atoms with van der Waals surface area (Å²) in [4.78, 5) is 13.0. The molecule has 30 heavy (non-hydrogen) atoms. The van der Waals surface area contributed by atoms with Gasteiger partial charge in [-0.15, -0.1) is 0 Å². The molecule has 1 aliphatic heterocycles. The first-order chi connectivity index (χ1) is 14.6. The van der Waals surface area contributed by atoms with Crippen LogP contribution in [0.15, 0.2) is 111 Å². The Kier molecular flexibility index (Phi) is 4.68. The number of rotatable bonds is 3. The fraction of sp³-hybridized carbons (Fsp3) is 0.0800. The average Bonchev–Trinajstić information content (AvgIpc) is 3.05. The molecule has 1 aliphatic carbocycles. The fourth-order valence-electron chi connectivity index (χ4n) is 4.01. The maximum Gasteiger partial charge on any atom is 0.199 e. The number of aliphatic hydroxyl groups is 1. The molecule has 3 aromatic carbocycles. The molecule has 0 saturated heterocycles. The average molecular weight is 457 g/mol. The van der Waals surface area contributed by atoms with E-state index in [9.17, 15) is 9.90 Å². The number of ketones is 1. The maximum absolute atomic E-state index is 13.0. The number of azo groups is 1. The van der Waals surface area contributed by atoms with Crippen LogP contribution in [0.1, 0.15) is 39.0 Å². The third-order valence-electron chi connectivity index (χ3n) is 5.51. The van der Waals surface area contributed by atoms with E-state index in [1.807, 2.05) is 60.7 Å². The number of nitrogens with zero attached hydrogens (tertiary/aromatic N) is 2. The summed E-state index contributed by atoms with van der Waals surface area (Å²) in [7, 11) is 0. The van der Waals surface area contributed by atoms with Crippen molar-refractivity contribution in [3.63, 3.8) is 0 Å². The van der Waals surface area contributed by atoms with Gasteiger partial charge in [0.1, 0.15) is 11.8 Å². The van der Waals surface area contributed by atoms with Crippen molar-refractivity contribution < 1.29 is 9.90 Å². The highest BCUT2D eigenvalue weighted by Crippen LogP contribution is 2.44. The molecule has 0 unspecified atom stereocenters. The number of aliphatic hydroxyl groups excluding tert-OH is 1. The summed E-state index contributed by atoms with van der Waals surface area (Å²) in [5.41, 5.74) is 3.77. The van der Waals surface area contributed by atoms with E-state index in [1.54, 1.807) is 24.3 Å². The molecule has 5 heteroatoms. The van der Waals surface area contributed by atoms with Crippen molar-refractivity contribution in [3.8, 4) is 0 Å². The molecule has 4 nitrogen and oxygen atoms in total. The third-order valence-corrected chi connectivity index (χ3v) is 6.04. The number of halogens is 1. The van der Waals surface area contributed by atoms with E-state index in [0.29, 0.717) is 16.8 Å². The predicted octanol–water partition coefficient (Wildman–Crippen LogP) is 6.79. The molecular weight excluding hydrogens is 440 g/mol. The Morgan fingerprint density at radius 3 is 2.17 bits per heavy atom. The molecule has 0 spiro atoms. The summed E-state index contributed by atoms with van der Waals surface area (Å²) in [5.74, 6) is -0.367. The molecular formula is C25H17BrN2O2. The molecule has 0 amide bonds. The number of carbonyl (C=O) groups excluding carboxylic acids is 1. The highest BCUT2D eigenvalue weighted by atomic mass is 79.9. The zero-order valence-electron chi connectivity index (χ0n) is 15.9. The van der Waals surface area contributed by atoms with E-state index in [4.69, 9.17) is 0 Å². The number of Topliss-reactive ketones (excluding diaryl/α,β-unsaturated/α-hetero) is 1. The second-order valence-corrected chi connectivity index (χ2v) is 8.21. The van der Waals surface area contributed by atoms with Crippen LogP contribution >= 0.6 is 15.9 Å². The summed E-state index contributed by atoms with van der Waals surface area (Å²) in [6.07, 6.45) is 1.95. The van der Waals surface area contributed by atoms with Gasteiger partial charge in [0.25, 0.3) is 0 Å². The van der Waals surface area contributed by atoms with Gasteiger partial charge in [-0.25, -0.2) is 0 Å². The van der Waals surface area contributed by atoms with E-state index in [1.165, 1.54) is 0 Å². The standard InChI is InChI=1S/C25H17BrN2O2/c26-17-12-10-16(11-13-17)23-20(15-6-2-1-3-7-15)14-21(27-28-23)22-24(29)18-8-4-5-9-19(18)25(22)30/h1-14,20,23,29H/t20-,23-/m0/s1. The van der Waals surface area contributed by atoms with Gasteiger partial charge in [0.2, 0.25) is 0 Å². The fourth-order valence-corrected chi connectivity index (χ4v) is 4.28. The van der Waals surface area contributed by atoms with E-state index in [2.05, 4.69) is 26.2 Å². The largest absolute Gasteiger partial charge is 0.506 e. The van der Waals surface area contributed by atoms with Gasteiger partial charge in [0.15, 0.2) is 5.78 Å². The van der Waals surface area contributed by atoms with Crippen LogP contribution in [0.5, 0.6) is 0 Å². The number of hydrogen-bond acceptors (Lipinski definition) is 4. The van der Waals surface area contributed by atoms with Crippen molar-refractivity contribution in [2.45, 2.75) is 12.0 Å². The Labute approximate surface area is 182 Å². The van der Waals surface area contributed by atoms with Crippen molar-refractivity contribution in [2.75, 3.05) is 0 Å². The monoisotopic (exact) mass is 456 g/mol. The van der Waals surface area contributed by atoms with Gasteiger partial charge in [0.05, 0.1) is 11.3 Å². The Bertz CT molecular complexity index is 1230. The lowest BCUT2D eigenvalue weighted by molar-refractivity contribution is 0.103. The first-order valence-corrected chi connectivity index (χ1v) is 10.4. The highest BCUT2D eigenvalue weighted by molar-refractivity contribution is 9.10. The Morgan fingerprint density at radius 1 is 0.800 bits per heavy atom. The number of hydrogen-bond donors (Lipinski definition) is 1. The van der Waals surface area contributed by atoms with E-state index in [0.717, 1.165) is 15.6 Å². The van der Waals surface area contributed by atoms with Crippen LogP contribution in [0.2, 0.25) is 0 Å². The summed E-state index contributed by atoms with van der Waals surface area (Å²) in [6, 6.07) is 24.9. The SMILES string of the molecule is O=C1C(C2=C[C@@H](c3ccccc3)[C@H](c3ccc(Br)cc3)N=N2)=C(O)c2ccccc21. The molecule has 2 atom stereocenters. The molecule has 0 saturated carbocycles. The smallest absolute Gasteiger partial charge is 0.199 e. The van der Waals surface area contributed by atoms with Gasteiger partial charge >= 0.3 is 0 Å². The lowest BCUT2D eigenvalue weighted by atomic mass is 9.85. The minimum absolute atomic E-state index is 0.0327. The highest BCUT2D eigenvalue weighted by Gasteiger charge is 2.35. The van der Waals surface area contributed by atoms with Gasteiger partial charge in [-0.05, 0) is 29.3 Å². The van der Waals surface area contributed by atoms with Crippen LogP contribution in [0, 0.1) is 0 Å². The molecule has 1 N–H and O–H groups in total. The Hall–Kier alpha value is -3.31. The Morgan fingerprint density at radius 2 is 1.47 bits per heavy atom. The number of fused-ring (bicyclic) bond motifs is 1. The summed E-state index contributed by atoms with van der Waals surface area (Å²) >= 11 is 3.47. The Balaban J connectivity index is 1.60. The molecule has 0 bridgehead atoms. The molecule has 2 aliphatic rings. The van der Waals surface area contributed by atoms with Gasteiger partial charge < -0.3 is 5.11 Å².